The van der Waals surface area contributed by atoms with Crippen molar-refractivity contribution >= 4 is 52.0 Å². The zero-order chi connectivity index (χ0) is 17.1. The van der Waals surface area contributed by atoms with E-state index in [1.165, 1.54) is 12.3 Å². The van der Waals surface area contributed by atoms with Crippen LogP contribution >= 0.6 is 11.8 Å². The maximum Gasteiger partial charge on any atom is 0.330 e. The Morgan fingerprint density at radius 2 is 2.21 bits per heavy atom. The maximum atomic E-state index is 11.6. The number of carbonyl (C=O) groups is 3. The molecular weight excluding hydrogens is 330 g/mol. The summed E-state index contributed by atoms with van der Waals surface area (Å²) >= 11 is 0.863. The average molecular weight is 343 g/mol. The predicted octanol–water partition coefficient (Wildman–Crippen LogP) is 3.33. The number of thioether (sulfide) groups is 1. The van der Waals surface area contributed by atoms with E-state index in [-0.39, 0.29) is 5.24 Å². The van der Waals surface area contributed by atoms with Crippen LogP contribution < -0.4 is 5.32 Å². The van der Waals surface area contributed by atoms with Crippen molar-refractivity contribution in [2.24, 2.45) is 0 Å². The second-order valence-corrected chi connectivity index (χ2v) is 5.90. The number of fused-ring (bicyclic) bond motifs is 1. The fraction of sp³-hybridized carbons (Fsp3) is 0.118. The highest BCUT2D eigenvalue weighted by atomic mass is 32.2. The van der Waals surface area contributed by atoms with Gasteiger partial charge in [-0.1, -0.05) is 6.07 Å². The molecule has 1 N–H and O–H groups in total. The first-order valence-electron chi connectivity index (χ1n) is 7.18. The first kappa shape index (κ1) is 16.1. The minimum atomic E-state index is -0.428. The van der Waals surface area contributed by atoms with Gasteiger partial charge in [0, 0.05) is 17.0 Å². The smallest absolute Gasteiger partial charge is 0.330 e. The molecule has 2 heterocycles. The highest BCUT2D eigenvalue weighted by Crippen LogP contribution is 2.28. The standard InChI is InChI=1S/C17H13NO5S/c1-2-22-15(19)6-4-11-9-23-13-5-3-10(7-12(11)13)8-14-16(20)18-17(21)24-14/h3-9H,2H2,1H3,(H,18,20,21)/b6-4+,14-8-. The van der Waals surface area contributed by atoms with Crippen molar-refractivity contribution in [3.8, 4) is 0 Å². The lowest BCUT2D eigenvalue weighted by atomic mass is 10.1. The van der Waals surface area contributed by atoms with Crippen molar-refractivity contribution in [1.29, 1.82) is 0 Å². The van der Waals surface area contributed by atoms with Gasteiger partial charge in [0.2, 0.25) is 0 Å². The molecular formula is C17H13NO5S. The van der Waals surface area contributed by atoms with E-state index in [2.05, 4.69) is 5.32 Å². The molecule has 122 valence electrons. The maximum absolute atomic E-state index is 11.6. The van der Waals surface area contributed by atoms with Crippen LogP contribution in [0.4, 0.5) is 4.79 Å². The SMILES string of the molecule is CCOC(=O)/C=C/c1coc2ccc(/C=C3\SC(=O)NC3=O)cc12. The minimum absolute atomic E-state index is 0.311. The van der Waals surface area contributed by atoms with E-state index in [9.17, 15) is 14.4 Å². The summed E-state index contributed by atoms with van der Waals surface area (Å²) in [6.07, 6.45) is 6.12. The summed E-state index contributed by atoms with van der Waals surface area (Å²) in [5, 5.41) is 2.62. The number of rotatable bonds is 4. The molecule has 0 atom stereocenters. The summed E-state index contributed by atoms with van der Waals surface area (Å²) in [6.45, 7) is 2.05. The van der Waals surface area contributed by atoms with Gasteiger partial charge in [-0.15, -0.1) is 0 Å². The van der Waals surface area contributed by atoms with Crippen LogP contribution in [0, 0.1) is 0 Å². The Kier molecular flexibility index (Phi) is 4.52. The van der Waals surface area contributed by atoms with Gasteiger partial charge in [0.1, 0.15) is 5.58 Å². The zero-order valence-electron chi connectivity index (χ0n) is 12.7. The monoisotopic (exact) mass is 343 g/mol. The Bertz CT molecular complexity index is 894. The molecule has 1 aliphatic rings. The van der Waals surface area contributed by atoms with Crippen LogP contribution in [0.1, 0.15) is 18.1 Å². The molecule has 0 spiro atoms. The molecule has 7 heteroatoms. The van der Waals surface area contributed by atoms with Gasteiger partial charge in [-0.25, -0.2) is 4.79 Å². The van der Waals surface area contributed by atoms with Gasteiger partial charge in [0.15, 0.2) is 0 Å². The van der Waals surface area contributed by atoms with Gasteiger partial charge in [0.25, 0.3) is 11.1 Å². The Morgan fingerprint density at radius 3 is 2.92 bits per heavy atom. The largest absolute Gasteiger partial charge is 0.464 e. The van der Waals surface area contributed by atoms with E-state index in [1.807, 2.05) is 6.07 Å². The molecule has 24 heavy (non-hydrogen) atoms. The lowest BCUT2D eigenvalue weighted by Crippen LogP contribution is -2.17. The van der Waals surface area contributed by atoms with Crippen molar-refractivity contribution in [2.75, 3.05) is 6.61 Å². The fourth-order valence-electron chi connectivity index (χ4n) is 2.21. The number of amides is 2. The molecule has 1 aromatic heterocycles. The summed E-state index contributed by atoms with van der Waals surface area (Å²) in [4.78, 5) is 34.6. The molecule has 3 rings (SSSR count). The highest BCUT2D eigenvalue weighted by molar-refractivity contribution is 8.18. The summed E-state index contributed by atoms with van der Waals surface area (Å²) in [5.41, 5.74) is 2.13. The third-order valence-corrected chi connectivity index (χ3v) is 4.06. The summed E-state index contributed by atoms with van der Waals surface area (Å²) in [6, 6.07) is 5.38. The summed E-state index contributed by atoms with van der Waals surface area (Å²) in [7, 11) is 0. The first-order valence-corrected chi connectivity index (χ1v) is 7.99. The van der Waals surface area contributed by atoms with Crippen molar-refractivity contribution in [2.45, 2.75) is 6.92 Å². The number of carbonyl (C=O) groups excluding carboxylic acids is 3. The number of hydrogen-bond donors (Lipinski definition) is 1. The van der Waals surface area contributed by atoms with Crippen LogP contribution in [0.3, 0.4) is 0 Å². The van der Waals surface area contributed by atoms with Crippen molar-refractivity contribution in [3.05, 3.63) is 46.6 Å². The van der Waals surface area contributed by atoms with E-state index in [4.69, 9.17) is 9.15 Å². The van der Waals surface area contributed by atoms with E-state index in [0.29, 0.717) is 17.1 Å². The molecule has 1 aliphatic heterocycles. The van der Waals surface area contributed by atoms with E-state index < -0.39 is 11.9 Å². The Balaban J connectivity index is 1.91. The molecule has 2 amide bonds. The number of nitrogens with one attached hydrogen (secondary N) is 1. The van der Waals surface area contributed by atoms with Crippen LogP contribution in [0.5, 0.6) is 0 Å². The van der Waals surface area contributed by atoms with Gasteiger partial charge >= 0.3 is 5.97 Å². The molecule has 0 saturated carbocycles. The second-order valence-electron chi connectivity index (χ2n) is 4.88. The van der Waals surface area contributed by atoms with Gasteiger partial charge in [-0.3, -0.25) is 14.9 Å². The zero-order valence-corrected chi connectivity index (χ0v) is 13.5. The number of ether oxygens (including phenoxy) is 1. The molecule has 1 saturated heterocycles. The molecule has 0 radical (unpaired) electrons. The van der Waals surface area contributed by atoms with Gasteiger partial charge in [-0.05, 0) is 48.5 Å². The Labute approximate surface area is 141 Å². The van der Waals surface area contributed by atoms with Crippen LogP contribution in [-0.4, -0.2) is 23.7 Å². The quantitative estimate of drug-likeness (QED) is 0.677. The summed E-state index contributed by atoms with van der Waals surface area (Å²) in [5.74, 6) is -0.831. The summed E-state index contributed by atoms with van der Waals surface area (Å²) < 4.78 is 10.3. The van der Waals surface area contributed by atoms with Crippen molar-refractivity contribution in [1.82, 2.24) is 5.32 Å². The normalized spacial score (nSPS) is 16.3. The van der Waals surface area contributed by atoms with Crippen LogP contribution in [-0.2, 0) is 14.3 Å². The van der Waals surface area contributed by atoms with E-state index in [0.717, 1.165) is 28.3 Å². The lowest BCUT2D eigenvalue weighted by molar-refractivity contribution is -0.137. The molecule has 0 aliphatic carbocycles. The molecule has 1 fully saturated rings. The average Bonchev–Trinajstić information content (AvgIpc) is 3.08. The number of hydrogen-bond acceptors (Lipinski definition) is 6. The third-order valence-electron chi connectivity index (χ3n) is 3.25. The topological polar surface area (TPSA) is 85.6 Å². The fourth-order valence-corrected chi connectivity index (χ4v) is 2.89. The van der Waals surface area contributed by atoms with Gasteiger partial charge < -0.3 is 9.15 Å². The Hall–Kier alpha value is -2.80. The van der Waals surface area contributed by atoms with Crippen LogP contribution in [0.15, 0.2) is 39.9 Å². The third kappa shape index (κ3) is 3.41. The number of furan rings is 1. The van der Waals surface area contributed by atoms with Crippen LogP contribution in [0.25, 0.3) is 23.1 Å². The van der Waals surface area contributed by atoms with Crippen LogP contribution in [0.2, 0.25) is 0 Å². The Morgan fingerprint density at radius 1 is 1.38 bits per heavy atom. The molecule has 2 aromatic rings. The van der Waals surface area contributed by atoms with E-state index in [1.54, 1.807) is 31.2 Å². The molecule has 0 bridgehead atoms. The first-order chi connectivity index (χ1) is 11.6. The number of imide groups is 1. The molecule has 6 nitrogen and oxygen atoms in total. The van der Waals surface area contributed by atoms with Crippen molar-refractivity contribution in [3.63, 3.8) is 0 Å². The highest BCUT2D eigenvalue weighted by Gasteiger charge is 2.24. The lowest BCUT2D eigenvalue weighted by Gasteiger charge is -1.97. The molecule has 0 unspecified atom stereocenters. The minimum Gasteiger partial charge on any atom is -0.464 e. The number of benzene rings is 1. The predicted molar refractivity (Wildman–Crippen MR) is 91.0 cm³/mol. The molecule has 1 aromatic carbocycles. The van der Waals surface area contributed by atoms with Gasteiger partial charge in [0.05, 0.1) is 17.8 Å². The van der Waals surface area contributed by atoms with Gasteiger partial charge in [-0.2, -0.15) is 0 Å². The number of esters is 1. The van der Waals surface area contributed by atoms with E-state index >= 15 is 0 Å². The second kappa shape index (κ2) is 6.76. The van der Waals surface area contributed by atoms with Crippen molar-refractivity contribution < 1.29 is 23.5 Å².